The summed E-state index contributed by atoms with van der Waals surface area (Å²) in [7, 11) is 1.82. The molecule has 0 fully saturated rings. The minimum absolute atomic E-state index is 0.0825. The second-order valence-corrected chi connectivity index (χ2v) is 4.58. The average Bonchev–Trinajstić information content (AvgIpc) is 2.01. The smallest absolute Gasteiger partial charge is 0.333 e. The highest BCUT2D eigenvalue weighted by atomic mass is 16.5. The molecule has 0 rings (SSSR count). The van der Waals surface area contributed by atoms with Crippen LogP contribution in [0.15, 0.2) is 12.2 Å². The summed E-state index contributed by atoms with van der Waals surface area (Å²) in [5.41, 5.74) is 0.632. The van der Waals surface area contributed by atoms with Crippen molar-refractivity contribution in [3.05, 3.63) is 12.2 Å². The minimum Gasteiger partial charge on any atom is -0.461 e. The van der Waals surface area contributed by atoms with E-state index in [1.54, 1.807) is 0 Å². The Balaban J connectivity index is 3.83. The topological polar surface area (TPSA) is 38.3 Å². The van der Waals surface area contributed by atoms with Crippen LogP contribution < -0.4 is 5.32 Å². The molecule has 14 heavy (non-hydrogen) atoms. The largest absolute Gasteiger partial charge is 0.461 e. The van der Waals surface area contributed by atoms with Crippen LogP contribution in [0.5, 0.6) is 0 Å². The molecule has 0 saturated carbocycles. The molecule has 0 aliphatic rings. The number of hydrogen-bond acceptors (Lipinski definition) is 3. The van der Waals surface area contributed by atoms with Crippen LogP contribution in [0.4, 0.5) is 0 Å². The molecule has 0 unspecified atom stereocenters. The second-order valence-electron chi connectivity index (χ2n) is 4.58. The van der Waals surface area contributed by atoms with E-state index in [1.807, 2.05) is 7.05 Å². The molecule has 3 nitrogen and oxygen atoms in total. The number of nitrogens with one attached hydrogen (secondary N) is 1. The maximum atomic E-state index is 11.3. The molecule has 0 aromatic heterocycles. The van der Waals surface area contributed by atoms with Crippen LogP contribution in [0, 0.1) is 5.41 Å². The van der Waals surface area contributed by atoms with Gasteiger partial charge < -0.3 is 10.1 Å². The summed E-state index contributed by atoms with van der Waals surface area (Å²) in [6, 6.07) is 0. The van der Waals surface area contributed by atoms with Crippen molar-refractivity contribution in [2.45, 2.75) is 27.2 Å². The van der Waals surface area contributed by atoms with Gasteiger partial charge in [-0.2, -0.15) is 0 Å². The van der Waals surface area contributed by atoms with Gasteiger partial charge >= 0.3 is 5.97 Å². The summed E-state index contributed by atoms with van der Waals surface area (Å²) in [5, 5.41) is 2.90. The number of likely N-dealkylation sites (N-methyl/N-ethyl adjacent to an activating group) is 1. The van der Waals surface area contributed by atoms with Gasteiger partial charge in [-0.05, 0) is 18.9 Å². The molecule has 3 heteroatoms. The zero-order valence-corrected chi connectivity index (χ0v) is 9.64. The van der Waals surface area contributed by atoms with Crippen LogP contribution in [0.1, 0.15) is 27.2 Å². The van der Waals surface area contributed by atoms with Gasteiger partial charge in [-0.3, -0.25) is 0 Å². The van der Waals surface area contributed by atoms with E-state index in [0.717, 1.165) is 0 Å². The zero-order valence-electron chi connectivity index (χ0n) is 9.64. The van der Waals surface area contributed by atoms with E-state index in [2.05, 4.69) is 32.7 Å². The van der Waals surface area contributed by atoms with Crippen molar-refractivity contribution in [3.8, 4) is 0 Å². The van der Waals surface area contributed by atoms with Crippen molar-refractivity contribution in [3.63, 3.8) is 0 Å². The molecule has 0 aliphatic heterocycles. The van der Waals surface area contributed by atoms with Gasteiger partial charge in [0.2, 0.25) is 0 Å². The summed E-state index contributed by atoms with van der Waals surface area (Å²) >= 11 is 0. The Morgan fingerprint density at radius 2 is 2.00 bits per heavy atom. The number of carbonyl (C=O) groups excluding carboxylic acids is 1. The molecule has 0 atom stereocenters. The Morgan fingerprint density at radius 3 is 2.43 bits per heavy atom. The summed E-state index contributed by atoms with van der Waals surface area (Å²) < 4.78 is 4.99. The van der Waals surface area contributed by atoms with Crippen molar-refractivity contribution in [2.24, 2.45) is 5.41 Å². The molecule has 0 aromatic rings. The summed E-state index contributed by atoms with van der Waals surface area (Å²) in [5.74, 6) is -0.282. The Labute approximate surface area is 86.5 Å². The highest BCUT2D eigenvalue weighted by Crippen LogP contribution is 2.23. The zero-order chi connectivity index (χ0) is 11.2. The highest BCUT2D eigenvalue weighted by molar-refractivity contribution is 5.87. The number of hydrogen-bond donors (Lipinski definition) is 1. The fourth-order valence-electron chi connectivity index (χ4n) is 1.06. The van der Waals surface area contributed by atoms with E-state index in [4.69, 9.17) is 4.74 Å². The van der Waals surface area contributed by atoms with E-state index in [0.29, 0.717) is 25.1 Å². The Bertz CT molecular complexity index is 204. The van der Waals surface area contributed by atoms with Gasteiger partial charge in [0.1, 0.15) is 6.61 Å². The standard InChI is InChI=1S/C11H21NO2/c1-9(8-11(2,3)4)10(13)14-7-6-12-5/h12H,1,6-8H2,2-5H3. The minimum atomic E-state index is -0.282. The SMILES string of the molecule is C=C(CC(C)(C)C)C(=O)OCCNC. The molecule has 0 spiro atoms. The lowest BCUT2D eigenvalue weighted by Crippen LogP contribution is -2.19. The summed E-state index contributed by atoms with van der Waals surface area (Å²) in [6.07, 6.45) is 0.672. The fraction of sp³-hybridized carbons (Fsp3) is 0.727. The van der Waals surface area contributed by atoms with Crippen molar-refractivity contribution >= 4 is 5.97 Å². The van der Waals surface area contributed by atoms with E-state index in [1.165, 1.54) is 0 Å². The van der Waals surface area contributed by atoms with Crippen LogP contribution >= 0.6 is 0 Å². The van der Waals surface area contributed by atoms with Crippen LogP contribution in [0.25, 0.3) is 0 Å². The third-order valence-corrected chi connectivity index (χ3v) is 1.62. The van der Waals surface area contributed by atoms with Crippen LogP contribution in [0.3, 0.4) is 0 Å². The Morgan fingerprint density at radius 1 is 1.43 bits per heavy atom. The van der Waals surface area contributed by atoms with Crippen LogP contribution in [-0.2, 0) is 9.53 Å². The molecule has 0 saturated heterocycles. The van der Waals surface area contributed by atoms with E-state index in [-0.39, 0.29) is 11.4 Å². The monoisotopic (exact) mass is 199 g/mol. The highest BCUT2D eigenvalue weighted by Gasteiger charge is 2.17. The first kappa shape index (κ1) is 13.2. The normalized spacial score (nSPS) is 11.1. The van der Waals surface area contributed by atoms with Crippen LogP contribution in [0.2, 0.25) is 0 Å². The number of ether oxygens (including phenoxy) is 1. The predicted octanol–water partition coefficient (Wildman–Crippen LogP) is 1.74. The third kappa shape index (κ3) is 6.66. The first-order valence-corrected chi connectivity index (χ1v) is 4.86. The quantitative estimate of drug-likeness (QED) is 0.416. The Hall–Kier alpha value is -0.830. The fourth-order valence-corrected chi connectivity index (χ4v) is 1.06. The second kappa shape index (κ2) is 5.81. The van der Waals surface area contributed by atoms with Crippen molar-refractivity contribution < 1.29 is 9.53 Å². The average molecular weight is 199 g/mol. The molecular weight excluding hydrogens is 178 g/mol. The van der Waals surface area contributed by atoms with E-state index < -0.39 is 0 Å². The Kier molecular flexibility index (Phi) is 5.46. The molecule has 0 aliphatic carbocycles. The molecule has 0 amide bonds. The van der Waals surface area contributed by atoms with Gasteiger partial charge in [-0.1, -0.05) is 27.4 Å². The van der Waals surface area contributed by atoms with Gasteiger partial charge in [0, 0.05) is 12.1 Å². The predicted molar refractivity (Wildman–Crippen MR) is 58.1 cm³/mol. The number of rotatable bonds is 5. The molecule has 1 N–H and O–H groups in total. The van der Waals surface area contributed by atoms with Gasteiger partial charge in [-0.25, -0.2) is 4.79 Å². The molecule has 82 valence electrons. The first-order chi connectivity index (χ1) is 6.37. The number of carbonyl (C=O) groups is 1. The van der Waals surface area contributed by atoms with E-state index >= 15 is 0 Å². The third-order valence-electron chi connectivity index (χ3n) is 1.62. The first-order valence-electron chi connectivity index (χ1n) is 4.86. The van der Waals surface area contributed by atoms with Crippen molar-refractivity contribution in [1.82, 2.24) is 5.32 Å². The maximum Gasteiger partial charge on any atom is 0.333 e. The van der Waals surface area contributed by atoms with Gasteiger partial charge in [0.05, 0.1) is 0 Å². The lowest BCUT2D eigenvalue weighted by molar-refractivity contribution is -0.139. The summed E-state index contributed by atoms with van der Waals surface area (Å²) in [6.45, 7) is 11.0. The molecule has 0 radical (unpaired) electrons. The molecule has 0 aromatic carbocycles. The van der Waals surface area contributed by atoms with Gasteiger partial charge in [0.25, 0.3) is 0 Å². The van der Waals surface area contributed by atoms with Gasteiger partial charge in [-0.15, -0.1) is 0 Å². The lowest BCUT2D eigenvalue weighted by Gasteiger charge is -2.18. The van der Waals surface area contributed by atoms with Crippen molar-refractivity contribution in [2.75, 3.05) is 20.2 Å². The summed E-state index contributed by atoms with van der Waals surface area (Å²) in [4.78, 5) is 11.3. The number of esters is 1. The van der Waals surface area contributed by atoms with E-state index in [9.17, 15) is 4.79 Å². The molecular formula is C11H21NO2. The molecule has 0 heterocycles. The molecule has 0 bridgehead atoms. The van der Waals surface area contributed by atoms with Crippen LogP contribution in [-0.4, -0.2) is 26.2 Å². The van der Waals surface area contributed by atoms with Gasteiger partial charge in [0.15, 0.2) is 0 Å². The van der Waals surface area contributed by atoms with Crippen molar-refractivity contribution in [1.29, 1.82) is 0 Å². The maximum absolute atomic E-state index is 11.3. The lowest BCUT2D eigenvalue weighted by atomic mass is 9.88.